The molecule has 0 saturated heterocycles. The van der Waals surface area contributed by atoms with Crippen LogP contribution in [0.25, 0.3) is 0 Å². The van der Waals surface area contributed by atoms with E-state index in [1.54, 1.807) is 12.3 Å². The number of aryl methyl sites for hydroxylation is 1. The van der Waals surface area contributed by atoms with Gasteiger partial charge in [0.25, 0.3) is 0 Å². The van der Waals surface area contributed by atoms with Crippen molar-refractivity contribution in [3.8, 4) is 0 Å². The van der Waals surface area contributed by atoms with Crippen LogP contribution in [-0.4, -0.2) is 15.8 Å². The number of carbonyl (C=O) groups is 1. The van der Waals surface area contributed by atoms with E-state index in [9.17, 15) is 4.79 Å². The van der Waals surface area contributed by atoms with Crippen molar-refractivity contribution < 1.29 is 4.79 Å². The Morgan fingerprint density at radius 2 is 1.94 bits per heavy atom. The maximum atomic E-state index is 12.0. The van der Waals surface area contributed by atoms with Gasteiger partial charge in [0, 0.05) is 11.8 Å². The zero-order valence-corrected chi connectivity index (χ0v) is 9.76. The van der Waals surface area contributed by atoms with Crippen molar-refractivity contribution in [3.63, 3.8) is 0 Å². The summed E-state index contributed by atoms with van der Waals surface area (Å²) in [4.78, 5) is 19.8. The summed E-state index contributed by atoms with van der Waals surface area (Å²) in [5.41, 5.74) is 2.36. The minimum Gasteiger partial charge on any atom is -0.287 e. The minimum atomic E-state index is -0.0598. The summed E-state index contributed by atoms with van der Waals surface area (Å²) >= 11 is 0. The Morgan fingerprint density at radius 3 is 2.53 bits per heavy atom. The first-order chi connectivity index (χ1) is 8.31. The quantitative estimate of drug-likeness (QED) is 0.753. The highest BCUT2D eigenvalue weighted by Crippen LogP contribution is 2.10. The largest absolute Gasteiger partial charge is 0.287 e. The predicted octanol–water partition coefficient (Wildman–Crippen LogP) is 2.66. The van der Waals surface area contributed by atoms with Crippen LogP contribution in [0.15, 0.2) is 42.9 Å². The molecule has 3 nitrogen and oxygen atoms in total. The first-order valence-electron chi connectivity index (χ1n) is 5.71. The van der Waals surface area contributed by atoms with Gasteiger partial charge in [-0.2, -0.15) is 0 Å². The average Bonchev–Trinajstić information content (AvgIpc) is 2.40. The average molecular weight is 226 g/mol. The van der Waals surface area contributed by atoms with E-state index in [0.29, 0.717) is 11.3 Å². The second-order valence-electron chi connectivity index (χ2n) is 3.87. The van der Waals surface area contributed by atoms with E-state index in [4.69, 9.17) is 0 Å². The lowest BCUT2D eigenvalue weighted by atomic mass is 10.0. The summed E-state index contributed by atoms with van der Waals surface area (Å²) in [7, 11) is 0. The van der Waals surface area contributed by atoms with Crippen molar-refractivity contribution in [1.82, 2.24) is 9.97 Å². The smallest absolute Gasteiger partial charge is 0.211 e. The Labute approximate surface area is 101 Å². The van der Waals surface area contributed by atoms with Gasteiger partial charge >= 0.3 is 0 Å². The van der Waals surface area contributed by atoms with Crippen LogP contribution in [0.1, 0.15) is 35.0 Å². The lowest BCUT2D eigenvalue weighted by Crippen LogP contribution is -2.04. The number of benzene rings is 1. The summed E-state index contributed by atoms with van der Waals surface area (Å²) in [6, 6.07) is 9.34. The van der Waals surface area contributed by atoms with E-state index in [1.807, 2.05) is 24.3 Å². The zero-order chi connectivity index (χ0) is 12.1. The lowest BCUT2D eigenvalue weighted by Gasteiger charge is -2.02. The van der Waals surface area contributed by atoms with Crippen molar-refractivity contribution in [1.29, 1.82) is 0 Å². The fourth-order valence-corrected chi connectivity index (χ4v) is 1.68. The second-order valence-corrected chi connectivity index (χ2v) is 3.87. The van der Waals surface area contributed by atoms with Gasteiger partial charge in [-0.05, 0) is 18.1 Å². The van der Waals surface area contributed by atoms with Gasteiger partial charge in [-0.15, -0.1) is 0 Å². The Morgan fingerprint density at radius 1 is 1.18 bits per heavy atom. The number of ketones is 1. The fraction of sp³-hybridized carbons (Fsp3) is 0.214. The summed E-state index contributed by atoms with van der Waals surface area (Å²) < 4.78 is 0. The van der Waals surface area contributed by atoms with Gasteiger partial charge in [0.05, 0.1) is 0 Å². The van der Waals surface area contributed by atoms with Gasteiger partial charge in [0.1, 0.15) is 12.0 Å². The molecule has 2 aromatic rings. The maximum absolute atomic E-state index is 12.0. The second kappa shape index (κ2) is 5.34. The minimum absolute atomic E-state index is 0.0598. The highest BCUT2D eigenvalue weighted by Gasteiger charge is 2.09. The molecule has 0 atom stereocenters. The highest BCUT2D eigenvalue weighted by molar-refractivity contribution is 6.07. The van der Waals surface area contributed by atoms with Crippen LogP contribution in [0.3, 0.4) is 0 Å². The first-order valence-corrected chi connectivity index (χ1v) is 5.71. The number of rotatable bonds is 4. The molecule has 0 N–H and O–H groups in total. The molecule has 1 aromatic carbocycles. The van der Waals surface area contributed by atoms with Crippen molar-refractivity contribution in [2.75, 3.05) is 0 Å². The maximum Gasteiger partial charge on any atom is 0.211 e. The Balaban J connectivity index is 2.20. The first kappa shape index (κ1) is 11.5. The molecule has 0 radical (unpaired) electrons. The molecule has 2 rings (SSSR count). The number of hydrogen-bond donors (Lipinski definition) is 0. The molecule has 0 saturated carbocycles. The summed E-state index contributed by atoms with van der Waals surface area (Å²) in [5.74, 6) is -0.0598. The van der Waals surface area contributed by atoms with E-state index < -0.39 is 0 Å². The molecular weight excluding hydrogens is 212 g/mol. The SMILES string of the molecule is CCCc1ccc(C(=O)c2ccncn2)cc1. The van der Waals surface area contributed by atoms with E-state index in [0.717, 1.165) is 12.8 Å². The molecule has 0 aliphatic carbocycles. The molecule has 0 aliphatic rings. The topological polar surface area (TPSA) is 42.9 Å². The zero-order valence-electron chi connectivity index (χ0n) is 9.76. The van der Waals surface area contributed by atoms with E-state index in [-0.39, 0.29) is 5.78 Å². The lowest BCUT2D eigenvalue weighted by molar-refractivity contribution is 0.103. The molecule has 3 heteroatoms. The van der Waals surface area contributed by atoms with Gasteiger partial charge in [-0.25, -0.2) is 9.97 Å². The molecule has 0 unspecified atom stereocenters. The van der Waals surface area contributed by atoms with Gasteiger partial charge < -0.3 is 0 Å². The van der Waals surface area contributed by atoms with Crippen LogP contribution in [0, 0.1) is 0 Å². The Bertz CT molecular complexity index is 491. The number of carbonyl (C=O) groups excluding carboxylic acids is 1. The Hall–Kier alpha value is -2.03. The van der Waals surface area contributed by atoms with E-state index in [1.165, 1.54) is 11.9 Å². The molecular formula is C14H14N2O. The van der Waals surface area contributed by atoms with Crippen molar-refractivity contribution >= 4 is 5.78 Å². The molecule has 86 valence electrons. The van der Waals surface area contributed by atoms with Gasteiger partial charge in [-0.3, -0.25) is 4.79 Å². The molecule has 17 heavy (non-hydrogen) atoms. The van der Waals surface area contributed by atoms with Crippen LogP contribution >= 0.6 is 0 Å². The van der Waals surface area contributed by atoms with Crippen LogP contribution in [0.5, 0.6) is 0 Å². The van der Waals surface area contributed by atoms with Gasteiger partial charge in [0.15, 0.2) is 0 Å². The molecule has 1 heterocycles. The third-order valence-corrected chi connectivity index (χ3v) is 2.57. The van der Waals surface area contributed by atoms with Crippen molar-refractivity contribution in [3.05, 3.63) is 59.7 Å². The third kappa shape index (κ3) is 2.75. The molecule has 0 aliphatic heterocycles. The monoisotopic (exact) mass is 226 g/mol. The molecule has 1 aromatic heterocycles. The number of aromatic nitrogens is 2. The highest BCUT2D eigenvalue weighted by atomic mass is 16.1. The third-order valence-electron chi connectivity index (χ3n) is 2.57. The van der Waals surface area contributed by atoms with Crippen molar-refractivity contribution in [2.24, 2.45) is 0 Å². The normalized spacial score (nSPS) is 10.2. The van der Waals surface area contributed by atoms with Crippen LogP contribution in [0.2, 0.25) is 0 Å². The van der Waals surface area contributed by atoms with Gasteiger partial charge in [0.2, 0.25) is 5.78 Å². The van der Waals surface area contributed by atoms with E-state index >= 15 is 0 Å². The van der Waals surface area contributed by atoms with Crippen LogP contribution in [0.4, 0.5) is 0 Å². The number of nitrogens with zero attached hydrogens (tertiary/aromatic N) is 2. The van der Waals surface area contributed by atoms with Crippen LogP contribution < -0.4 is 0 Å². The standard InChI is InChI=1S/C14H14N2O/c1-2-3-11-4-6-12(7-5-11)14(17)13-8-9-15-10-16-13/h4-10H,2-3H2,1H3. The fourth-order valence-electron chi connectivity index (χ4n) is 1.68. The van der Waals surface area contributed by atoms with Gasteiger partial charge in [-0.1, -0.05) is 37.6 Å². The van der Waals surface area contributed by atoms with Crippen molar-refractivity contribution in [2.45, 2.75) is 19.8 Å². The molecule has 0 amide bonds. The summed E-state index contributed by atoms with van der Waals surface area (Å²) in [6.07, 6.45) is 5.12. The molecule has 0 bridgehead atoms. The number of hydrogen-bond acceptors (Lipinski definition) is 3. The molecule has 0 fully saturated rings. The Kier molecular flexibility index (Phi) is 3.60. The predicted molar refractivity (Wildman–Crippen MR) is 65.9 cm³/mol. The van der Waals surface area contributed by atoms with E-state index in [2.05, 4.69) is 16.9 Å². The summed E-state index contributed by atoms with van der Waals surface area (Å²) in [6.45, 7) is 2.14. The van der Waals surface area contributed by atoms with Crippen LogP contribution in [-0.2, 0) is 6.42 Å². The molecule has 0 spiro atoms. The summed E-state index contributed by atoms with van der Waals surface area (Å²) in [5, 5.41) is 0.